The van der Waals surface area contributed by atoms with Gasteiger partial charge in [0, 0.05) is 12.1 Å². The Labute approximate surface area is 140 Å². The average molecular weight is 357 g/mol. The Hall–Kier alpha value is -2.78. The summed E-state index contributed by atoms with van der Waals surface area (Å²) in [5, 5.41) is 4.62. The Morgan fingerprint density at radius 3 is 2.60 bits per heavy atom. The molecule has 134 valence electrons. The van der Waals surface area contributed by atoms with Gasteiger partial charge in [0.15, 0.2) is 0 Å². The van der Waals surface area contributed by atoms with E-state index < -0.39 is 40.9 Å². The topological polar surface area (TPSA) is 87.7 Å². The number of nitrogens with zero attached hydrogens (tertiary/aromatic N) is 1. The summed E-state index contributed by atoms with van der Waals surface area (Å²) in [5.41, 5.74) is -2.15. The van der Waals surface area contributed by atoms with Gasteiger partial charge in [0.1, 0.15) is 11.3 Å². The van der Waals surface area contributed by atoms with Crippen LogP contribution in [-0.2, 0) is 11.0 Å². The Balaban J connectivity index is 1.83. The van der Waals surface area contributed by atoms with E-state index in [9.17, 15) is 27.6 Å². The summed E-state index contributed by atoms with van der Waals surface area (Å²) in [6.45, 7) is 0.141. The van der Waals surface area contributed by atoms with Gasteiger partial charge in [-0.05, 0) is 24.6 Å². The fraction of sp³-hybridized carbons (Fsp3) is 0.400. The van der Waals surface area contributed by atoms with Gasteiger partial charge in [-0.1, -0.05) is 0 Å². The number of halogens is 3. The summed E-state index contributed by atoms with van der Waals surface area (Å²) in [5.74, 6) is -1.52. The first kappa shape index (κ1) is 17.1. The molecule has 2 saturated heterocycles. The monoisotopic (exact) mass is 357 g/mol. The molecule has 0 unspecified atom stereocenters. The highest BCUT2D eigenvalue weighted by Crippen LogP contribution is 2.37. The summed E-state index contributed by atoms with van der Waals surface area (Å²) in [6, 6.07) is 2.23. The third kappa shape index (κ3) is 2.87. The van der Waals surface area contributed by atoms with Gasteiger partial charge in [-0.2, -0.15) is 13.2 Å². The van der Waals surface area contributed by atoms with Crippen LogP contribution in [0.5, 0.6) is 5.75 Å². The highest BCUT2D eigenvalue weighted by molar-refractivity contribution is 6.08. The third-order valence-electron chi connectivity index (χ3n) is 4.32. The van der Waals surface area contributed by atoms with Gasteiger partial charge in [-0.25, -0.2) is 4.79 Å². The van der Waals surface area contributed by atoms with E-state index in [2.05, 4.69) is 10.6 Å². The molecule has 0 radical (unpaired) electrons. The zero-order valence-corrected chi connectivity index (χ0v) is 13.1. The van der Waals surface area contributed by atoms with E-state index in [1.54, 1.807) is 0 Å². The summed E-state index contributed by atoms with van der Waals surface area (Å²) in [7, 11) is 1.09. The second-order valence-electron chi connectivity index (χ2n) is 5.88. The molecule has 3 rings (SSSR count). The van der Waals surface area contributed by atoms with Gasteiger partial charge in [0.2, 0.25) is 0 Å². The van der Waals surface area contributed by atoms with Crippen LogP contribution in [0.3, 0.4) is 0 Å². The maximum Gasteiger partial charge on any atom is 0.419 e. The maximum absolute atomic E-state index is 12.9. The van der Waals surface area contributed by atoms with E-state index in [4.69, 9.17) is 4.74 Å². The smallest absolute Gasteiger partial charge is 0.419 e. The number of ether oxygens (including phenoxy) is 1. The number of urea groups is 1. The van der Waals surface area contributed by atoms with Crippen molar-refractivity contribution in [3.8, 4) is 5.75 Å². The Bertz CT molecular complexity index is 765. The fourth-order valence-electron chi connectivity index (χ4n) is 3.04. The summed E-state index contributed by atoms with van der Waals surface area (Å²) in [6.07, 6.45) is -4.37. The molecule has 2 aliphatic rings. The van der Waals surface area contributed by atoms with Crippen LogP contribution in [-0.4, -0.2) is 48.5 Å². The highest BCUT2D eigenvalue weighted by atomic mass is 19.4. The first-order valence-corrected chi connectivity index (χ1v) is 7.34. The van der Waals surface area contributed by atoms with Crippen molar-refractivity contribution in [2.75, 3.05) is 20.2 Å². The second kappa shape index (κ2) is 5.64. The normalized spacial score (nSPS) is 23.0. The molecule has 2 N–H and O–H groups in total. The molecule has 1 spiro atoms. The highest BCUT2D eigenvalue weighted by Gasteiger charge is 2.51. The number of amides is 4. The molecule has 0 bridgehead atoms. The van der Waals surface area contributed by atoms with E-state index in [0.717, 1.165) is 25.3 Å². The van der Waals surface area contributed by atoms with Crippen LogP contribution >= 0.6 is 0 Å². The van der Waals surface area contributed by atoms with E-state index in [1.165, 1.54) is 4.90 Å². The molecule has 0 saturated carbocycles. The fourth-order valence-corrected chi connectivity index (χ4v) is 3.04. The molecule has 0 aromatic heterocycles. The van der Waals surface area contributed by atoms with Gasteiger partial charge in [-0.3, -0.25) is 14.9 Å². The standard InChI is InChI=1S/C15H14F3N3O4/c1-25-10-6-8(2-3-9(10)15(16,17)18)11(22)21-5-4-14(7-21)12(23)19-13(24)20-14/h2-3,6H,4-5,7H2,1H3,(H2,19,20,23,24)/t14-/m0/s1. The molecule has 0 aliphatic carbocycles. The number of nitrogens with one attached hydrogen (secondary N) is 2. The predicted octanol–water partition coefficient (Wildman–Crippen LogP) is 1.14. The summed E-state index contributed by atoms with van der Waals surface area (Å²) in [4.78, 5) is 37.1. The number of hydrogen-bond acceptors (Lipinski definition) is 4. The van der Waals surface area contributed by atoms with Crippen molar-refractivity contribution in [2.24, 2.45) is 0 Å². The lowest BCUT2D eigenvalue weighted by Crippen LogP contribution is -2.49. The van der Waals surface area contributed by atoms with E-state index in [1.807, 2.05) is 0 Å². The maximum atomic E-state index is 12.9. The number of benzene rings is 1. The molecule has 10 heteroatoms. The van der Waals surface area contributed by atoms with Gasteiger partial charge in [0.25, 0.3) is 11.8 Å². The number of carbonyl (C=O) groups is 3. The second-order valence-corrected chi connectivity index (χ2v) is 5.88. The molecule has 4 amide bonds. The lowest BCUT2D eigenvalue weighted by molar-refractivity contribution is -0.138. The molecule has 2 aliphatic heterocycles. The minimum absolute atomic E-state index is 0.00614. The van der Waals surface area contributed by atoms with Crippen molar-refractivity contribution in [3.05, 3.63) is 29.3 Å². The van der Waals surface area contributed by atoms with Crippen LogP contribution in [0.4, 0.5) is 18.0 Å². The first-order valence-electron chi connectivity index (χ1n) is 7.34. The van der Waals surface area contributed by atoms with Gasteiger partial charge in [0.05, 0.1) is 19.2 Å². The van der Waals surface area contributed by atoms with Gasteiger partial charge in [-0.15, -0.1) is 0 Å². The van der Waals surface area contributed by atoms with E-state index in [0.29, 0.717) is 0 Å². The van der Waals surface area contributed by atoms with Crippen molar-refractivity contribution >= 4 is 17.8 Å². The van der Waals surface area contributed by atoms with E-state index >= 15 is 0 Å². The van der Waals surface area contributed by atoms with Gasteiger partial charge < -0.3 is 15.0 Å². The average Bonchev–Trinajstić information content (AvgIpc) is 3.09. The molecule has 1 aromatic rings. The molecule has 2 fully saturated rings. The van der Waals surface area contributed by atoms with Crippen LogP contribution in [0.15, 0.2) is 18.2 Å². The number of imide groups is 1. The van der Waals surface area contributed by atoms with Crippen LogP contribution in [0.25, 0.3) is 0 Å². The Morgan fingerprint density at radius 1 is 1.32 bits per heavy atom. The Morgan fingerprint density at radius 2 is 2.04 bits per heavy atom. The SMILES string of the molecule is COc1cc(C(=O)N2CC[C@@]3(C2)NC(=O)NC3=O)ccc1C(F)(F)F. The van der Waals surface area contributed by atoms with Crippen molar-refractivity contribution < 1.29 is 32.3 Å². The lowest BCUT2D eigenvalue weighted by atomic mass is 9.99. The molecule has 2 heterocycles. The predicted molar refractivity (Wildman–Crippen MR) is 77.9 cm³/mol. The molecular formula is C15H14F3N3O4. The Kier molecular flexibility index (Phi) is 3.85. The first-order chi connectivity index (χ1) is 11.7. The number of rotatable bonds is 2. The zero-order valence-electron chi connectivity index (χ0n) is 13.1. The van der Waals surface area contributed by atoms with Crippen molar-refractivity contribution in [1.29, 1.82) is 0 Å². The van der Waals surface area contributed by atoms with Gasteiger partial charge >= 0.3 is 12.2 Å². The van der Waals surface area contributed by atoms with Crippen LogP contribution in [0.1, 0.15) is 22.3 Å². The molecule has 7 nitrogen and oxygen atoms in total. The van der Waals surface area contributed by atoms with Crippen LogP contribution in [0, 0.1) is 0 Å². The van der Waals surface area contributed by atoms with Crippen molar-refractivity contribution in [3.63, 3.8) is 0 Å². The summed E-state index contributed by atoms with van der Waals surface area (Å²) >= 11 is 0. The largest absolute Gasteiger partial charge is 0.496 e. The van der Waals surface area contributed by atoms with Crippen LogP contribution in [0.2, 0.25) is 0 Å². The number of carbonyl (C=O) groups excluding carboxylic acids is 3. The molecular weight excluding hydrogens is 343 g/mol. The van der Waals surface area contributed by atoms with Crippen molar-refractivity contribution in [2.45, 2.75) is 18.1 Å². The molecule has 1 aromatic carbocycles. The lowest BCUT2D eigenvalue weighted by Gasteiger charge is -2.21. The molecule has 25 heavy (non-hydrogen) atoms. The number of methoxy groups -OCH3 is 1. The van der Waals surface area contributed by atoms with Crippen molar-refractivity contribution in [1.82, 2.24) is 15.5 Å². The minimum Gasteiger partial charge on any atom is -0.496 e. The zero-order chi connectivity index (χ0) is 18.4. The molecule has 1 atom stereocenters. The quantitative estimate of drug-likeness (QED) is 0.777. The van der Waals surface area contributed by atoms with E-state index in [-0.39, 0.29) is 25.1 Å². The number of likely N-dealkylation sites (tertiary alicyclic amines) is 1. The minimum atomic E-state index is -4.60. The number of hydrogen-bond donors (Lipinski definition) is 2. The van der Waals surface area contributed by atoms with Crippen LogP contribution < -0.4 is 15.4 Å². The third-order valence-corrected chi connectivity index (χ3v) is 4.32. The number of alkyl halides is 3. The summed E-state index contributed by atoms with van der Waals surface area (Å²) < 4.78 is 43.4.